The van der Waals surface area contributed by atoms with Crippen LogP contribution in [0.3, 0.4) is 0 Å². The van der Waals surface area contributed by atoms with Crippen LogP contribution >= 0.6 is 15.9 Å². The van der Waals surface area contributed by atoms with Crippen molar-refractivity contribution >= 4 is 21.9 Å². The molecule has 0 amide bonds. The third-order valence-electron chi connectivity index (χ3n) is 3.02. The zero-order valence-corrected chi connectivity index (χ0v) is 11.9. The van der Waals surface area contributed by atoms with Crippen LogP contribution in [0.25, 0.3) is 0 Å². The van der Waals surface area contributed by atoms with Gasteiger partial charge in [0.1, 0.15) is 0 Å². The minimum Gasteiger partial charge on any atom is -0.373 e. The number of aromatic nitrogens is 3. The summed E-state index contributed by atoms with van der Waals surface area (Å²) in [4.78, 5) is 6.66. The van der Waals surface area contributed by atoms with E-state index in [1.165, 1.54) is 0 Å². The van der Waals surface area contributed by atoms with E-state index in [-0.39, 0.29) is 12.1 Å². The first kappa shape index (κ1) is 12.7. The molecule has 0 spiro atoms. The smallest absolute Gasteiger partial charge is 0.245 e. The fourth-order valence-corrected chi connectivity index (χ4v) is 2.15. The molecule has 1 aliphatic heterocycles. The normalized spacial score (nSPS) is 25.1. The summed E-state index contributed by atoms with van der Waals surface area (Å²) in [5, 5.41) is 9.14. The predicted molar refractivity (Wildman–Crippen MR) is 69.6 cm³/mol. The number of rotatable bonds is 2. The van der Waals surface area contributed by atoms with E-state index < -0.39 is 0 Å². The molecular formula is C11H17BrN4O. The average Bonchev–Trinajstić information content (AvgIpc) is 2.33. The van der Waals surface area contributed by atoms with Crippen molar-refractivity contribution in [2.24, 2.45) is 0 Å². The van der Waals surface area contributed by atoms with Crippen molar-refractivity contribution in [2.75, 3.05) is 23.4 Å². The lowest BCUT2D eigenvalue weighted by molar-refractivity contribution is 0.0372. The Morgan fingerprint density at radius 2 is 2.12 bits per heavy atom. The van der Waals surface area contributed by atoms with Crippen molar-refractivity contribution < 1.29 is 4.74 Å². The molecule has 2 rings (SSSR count). The lowest BCUT2D eigenvalue weighted by atomic mass is 10.2. The second-order valence-electron chi connectivity index (χ2n) is 4.39. The fourth-order valence-electron chi connectivity index (χ4n) is 1.76. The van der Waals surface area contributed by atoms with Crippen LogP contribution in [-0.2, 0) is 4.74 Å². The first-order chi connectivity index (χ1) is 8.11. The molecule has 1 saturated heterocycles. The Morgan fingerprint density at radius 3 is 2.76 bits per heavy atom. The molecule has 17 heavy (non-hydrogen) atoms. The summed E-state index contributed by atoms with van der Waals surface area (Å²) in [6.07, 6.45) is 0.191. The number of halogens is 1. The summed E-state index contributed by atoms with van der Waals surface area (Å²) < 4.78 is 5.68. The van der Waals surface area contributed by atoms with Gasteiger partial charge in [0.25, 0.3) is 0 Å². The molecule has 0 N–H and O–H groups in total. The van der Waals surface area contributed by atoms with Crippen molar-refractivity contribution in [2.45, 2.75) is 32.9 Å². The van der Waals surface area contributed by atoms with Crippen LogP contribution in [0.5, 0.6) is 0 Å². The maximum Gasteiger partial charge on any atom is 0.245 e. The van der Waals surface area contributed by atoms with E-state index in [1.807, 2.05) is 13.8 Å². The molecule has 1 aliphatic rings. The molecule has 2 heterocycles. The van der Waals surface area contributed by atoms with Crippen LogP contribution in [0.4, 0.5) is 5.95 Å². The molecule has 0 radical (unpaired) electrons. The first-order valence-electron chi connectivity index (χ1n) is 5.74. The minimum atomic E-state index is 0.191. The molecule has 94 valence electrons. The second kappa shape index (κ2) is 5.27. The minimum absolute atomic E-state index is 0.191. The number of aryl methyl sites for hydroxylation is 2. The monoisotopic (exact) mass is 300 g/mol. The Labute approximate surface area is 110 Å². The number of ether oxygens (including phenoxy) is 1. The molecule has 5 nitrogen and oxygen atoms in total. The number of morpholine rings is 1. The summed E-state index contributed by atoms with van der Waals surface area (Å²) >= 11 is 3.45. The van der Waals surface area contributed by atoms with Crippen molar-refractivity contribution in [1.82, 2.24) is 15.2 Å². The van der Waals surface area contributed by atoms with E-state index in [2.05, 4.69) is 42.9 Å². The van der Waals surface area contributed by atoms with Gasteiger partial charge in [-0.05, 0) is 20.8 Å². The standard InChI is InChI=1S/C11H17BrN4O/c1-7-6-17-10(4-12)5-16(7)11-13-8(2)9(3)14-15-11/h7,10H,4-6H2,1-3H3. The van der Waals surface area contributed by atoms with Crippen LogP contribution in [0.1, 0.15) is 18.3 Å². The molecular weight excluding hydrogens is 284 g/mol. The van der Waals surface area contributed by atoms with Gasteiger partial charge in [0, 0.05) is 11.9 Å². The van der Waals surface area contributed by atoms with E-state index in [0.29, 0.717) is 12.6 Å². The van der Waals surface area contributed by atoms with E-state index in [9.17, 15) is 0 Å². The molecule has 1 aromatic heterocycles. The first-order valence-corrected chi connectivity index (χ1v) is 6.86. The Morgan fingerprint density at radius 1 is 1.35 bits per heavy atom. The fraction of sp³-hybridized carbons (Fsp3) is 0.727. The third kappa shape index (κ3) is 2.74. The number of nitrogens with zero attached hydrogens (tertiary/aromatic N) is 4. The SMILES string of the molecule is Cc1nnc(N2CC(CBr)OCC2C)nc1C. The third-order valence-corrected chi connectivity index (χ3v) is 3.74. The lowest BCUT2D eigenvalue weighted by Gasteiger charge is -2.37. The molecule has 0 bridgehead atoms. The average molecular weight is 301 g/mol. The van der Waals surface area contributed by atoms with Gasteiger partial charge < -0.3 is 9.64 Å². The van der Waals surface area contributed by atoms with E-state index in [4.69, 9.17) is 4.74 Å². The number of hydrogen-bond donors (Lipinski definition) is 0. The molecule has 2 atom stereocenters. The maximum atomic E-state index is 5.68. The van der Waals surface area contributed by atoms with Crippen molar-refractivity contribution in [3.05, 3.63) is 11.4 Å². The van der Waals surface area contributed by atoms with Gasteiger partial charge in [0.05, 0.1) is 30.1 Å². The van der Waals surface area contributed by atoms with Gasteiger partial charge in [-0.1, -0.05) is 15.9 Å². The van der Waals surface area contributed by atoms with Crippen LogP contribution in [0, 0.1) is 13.8 Å². The number of hydrogen-bond acceptors (Lipinski definition) is 5. The zero-order chi connectivity index (χ0) is 12.4. The molecule has 1 fully saturated rings. The van der Waals surface area contributed by atoms with Gasteiger partial charge in [-0.15, -0.1) is 5.10 Å². The summed E-state index contributed by atoms with van der Waals surface area (Å²) in [7, 11) is 0. The van der Waals surface area contributed by atoms with Crippen LogP contribution in [0.15, 0.2) is 0 Å². The highest BCUT2D eigenvalue weighted by Gasteiger charge is 2.27. The zero-order valence-electron chi connectivity index (χ0n) is 10.4. The lowest BCUT2D eigenvalue weighted by Crippen LogP contribution is -2.49. The Bertz CT molecular complexity index is 401. The van der Waals surface area contributed by atoms with Gasteiger partial charge in [-0.2, -0.15) is 5.10 Å². The molecule has 6 heteroatoms. The van der Waals surface area contributed by atoms with Gasteiger partial charge in [-0.25, -0.2) is 4.98 Å². The summed E-state index contributed by atoms with van der Waals surface area (Å²) in [5.74, 6) is 0.704. The van der Waals surface area contributed by atoms with Gasteiger partial charge in [0.2, 0.25) is 5.95 Å². The van der Waals surface area contributed by atoms with E-state index in [0.717, 1.165) is 23.3 Å². The largest absolute Gasteiger partial charge is 0.373 e. The summed E-state index contributed by atoms with van der Waals surface area (Å²) in [5.41, 5.74) is 1.82. The highest BCUT2D eigenvalue weighted by Crippen LogP contribution is 2.18. The topological polar surface area (TPSA) is 51.1 Å². The number of anilines is 1. The van der Waals surface area contributed by atoms with E-state index >= 15 is 0 Å². The molecule has 0 saturated carbocycles. The maximum absolute atomic E-state index is 5.68. The molecule has 2 unspecified atom stereocenters. The van der Waals surface area contributed by atoms with Gasteiger partial charge in [-0.3, -0.25) is 0 Å². The van der Waals surface area contributed by atoms with E-state index in [1.54, 1.807) is 0 Å². The molecule has 0 aliphatic carbocycles. The highest BCUT2D eigenvalue weighted by molar-refractivity contribution is 9.09. The molecule has 0 aromatic carbocycles. The Kier molecular flexibility index (Phi) is 3.93. The van der Waals surface area contributed by atoms with Gasteiger partial charge >= 0.3 is 0 Å². The Balaban J connectivity index is 2.21. The van der Waals surface area contributed by atoms with Gasteiger partial charge in [0.15, 0.2) is 0 Å². The number of alkyl halides is 1. The summed E-state index contributed by atoms with van der Waals surface area (Å²) in [6, 6.07) is 0.286. The predicted octanol–water partition coefficient (Wildman–Crippen LogP) is 1.48. The highest BCUT2D eigenvalue weighted by atomic mass is 79.9. The molecule has 1 aromatic rings. The summed E-state index contributed by atoms with van der Waals surface area (Å²) in [6.45, 7) is 7.50. The van der Waals surface area contributed by atoms with Crippen molar-refractivity contribution in [3.63, 3.8) is 0 Å². The van der Waals surface area contributed by atoms with Crippen molar-refractivity contribution in [1.29, 1.82) is 0 Å². The quantitative estimate of drug-likeness (QED) is 0.774. The second-order valence-corrected chi connectivity index (χ2v) is 5.04. The van der Waals surface area contributed by atoms with Crippen LogP contribution in [-0.4, -0.2) is 45.8 Å². The van der Waals surface area contributed by atoms with Crippen LogP contribution in [0.2, 0.25) is 0 Å². The van der Waals surface area contributed by atoms with Crippen LogP contribution < -0.4 is 4.90 Å². The Hall–Kier alpha value is -0.750. The van der Waals surface area contributed by atoms with Crippen molar-refractivity contribution in [3.8, 4) is 0 Å².